The monoisotopic (exact) mass is 209 g/mol. The summed E-state index contributed by atoms with van der Waals surface area (Å²) in [5, 5.41) is 13.9. The first kappa shape index (κ1) is 9.04. The second-order valence-corrected chi connectivity index (χ2v) is 3.88. The van der Waals surface area contributed by atoms with Crippen molar-refractivity contribution in [3.63, 3.8) is 0 Å². The maximum atomic E-state index is 9.56. The molecule has 3 rings (SSSR count). The molecule has 0 radical (unpaired) electrons. The van der Waals surface area contributed by atoms with E-state index >= 15 is 0 Å². The first-order chi connectivity index (χ1) is 7.77. The van der Waals surface area contributed by atoms with Crippen LogP contribution in [0.5, 0.6) is 5.75 Å². The predicted molar refractivity (Wildman–Crippen MR) is 67.5 cm³/mol. The summed E-state index contributed by atoms with van der Waals surface area (Å²) in [5.41, 5.74) is 6.31. The fourth-order valence-electron chi connectivity index (χ4n) is 2.10. The van der Waals surface area contributed by atoms with Crippen molar-refractivity contribution in [1.82, 2.24) is 0 Å². The van der Waals surface area contributed by atoms with Crippen molar-refractivity contribution in [2.45, 2.75) is 0 Å². The Hall–Kier alpha value is -2.22. The number of nitrogens with two attached hydrogens (primary N) is 1. The number of hydrogen-bond acceptors (Lipinski definition) is 2. The van der Waals surface area contributed by atoms with Crippen LogP contribution in [0.2, 0.25) is 0 Å². The van der Waals surface area contributed by atoms with Crippen LogP contribution in [-0.4, -0.2) is 5.11 Å². The molecule has 2 nitrogen and oxygen atoms in total. The fourth-order valence-corrected chi connectivity index (χ4v) is 2.10. The van der Waals surface area contributed by atoms with Gasteiger partial charge in [0.1, 0.15) is 5.75 Å². The number of phenols is 1. The van der Waals surface area contributed by atoms with Gasteiger partial charge in [0.2, 0.25) is 0 Å². The van der Waals surface area contributed by atoms with E-state index < -0.39 is 0 Å². The van der Waals surface area contributed by atoms with Gasteiger partial charge in [-0.3, -0.25) is 0 Å². The average Bonchev–Trinajstić information content (AvgIpc) is 2.33. The molecule has 0 aliphatic rings. The smallest absolute Gasteiger partial charge is 0.139 e. The van der Waals surface area contributed by atoms with Crippen LogP contribution >= 0.6 is 0 Å². The van der Waals surface area contributed by atoms with Gasteiger partial charge in [0.05, 0.1) is 5.69 Å². The Morgan fingerprint density at radius 1 is 0.750 bits per heavy atom. The number of rotatable bonds is 0. The fraction of sp³-hybridized carbons (Fsp3) is 0. The molecule has 3 N–H and O–H groups in total. The minimum atomic E-state index is 0.141. The van der Waals surface area contributed by atoms with E-state index in [-0.39, 0.29) is 5.75 Å². The zero-order valence-electron chi connectivity index (χ0n) is 8.64. The van der Waals surface area contributed by atoms with Gasteiger partial charge in [-0.15, -0.1) is 0 Å². The summed E-state index contributed by atoms with van der Waals surface area (Å²) in [7, 11) is 0. The van der Waals surface area contributed by atoms with E-state index in [1.807, 2.05) is 30.3 Å². The lowest BCUT2D eigenvalue weighted by Crippen LogP contribution is -1.88. The van der Waals surface area contributed by atoms with Crippen molar-refractivity contribution >= 4 is 27.2 Å². The maximum absolute atomic E-state index is 9.56. The Labute approximate surface area is 92.9 Å². The first-order valence-electron chi connectivity index (χ1n) is 5.16. The number of phenolic OH excluding ortho intramolecular Hbond substituents is 1. The molecule has 0 amide bonds. The number of benzene rings is 3. The number of aromatic hydroxyl groups is 1. The number of hydrogen-bond donors (Lipinski definition) is 2. The van der Waals surface area contributed by atoms with Crippen molar-refractivity contribution in [3.05, 3.63) is 48.5 Å². The van der Waals surface area contributed by atoms with Gasteiger partial charge >= 0.3 is 0 Å². The molecule has 0 heterocycles. The Bertz CT molecular complexity index is 689. The van der Waals surface area contributed by atoms with E-state index in [0.29, 0.717) is 5.69 Å². The zero-order valence-corrected chi connectivity index (χ0v) is 8.64. The largest absolute Gasteiger partial charge is 0.506 e. The SMILES string of the molecule is Nc1c(O)ccc2c1ccc1ccccc12. The summed E-state index contributed by atoms with van der Waals surface area (Å²) in [6.45, 7) is 0. The minimum Gasteiger partial charge on any atom is -0.506 e. The lowest BCUT2D eigenvalue weighted by atomic mass is 10.0. The van der Waals surface area contributed by atoms with E-state index in [2.05, 4.69) is 12.1 Å². The molecule has 0 bridgehead atoms. The maximum Gasteiger partial charge on any atom is 0.139 e. The highest BCUT2D eigenvalue weighted by atomic mass is 16.3. The van der Waals surface area contributed by atoms with E-state index in [0.717, 1.165) is 16.2 Å². The third kappa shape index (κ3) is 1.13. The summed E-state index contributed by atoms with van der Waals surface area (Å²) in [6, 6.07) is 15.7. The molecule has 3 aromatic carbocycles. The van der Waals surface area contributed by atoms with Gasteiger partial charge in [-0.05, 0) is 28.3 Å². The van der Waals surface area contributed by atoms with Gasteiger partial charge in [0.25, 0.3) is 0 Å². The molecule has 0 aliphatic carbocycles. The molecule has 0 spiro atoms. The second kappa shape index (κ2) is 3.14. The average molecular weight is 209 g/mol. The van der Waals surface area contributed by atoms with Gasteiger partial charge in [-0.2, -0.15) is 0 Å². The first-order valence-corrected chi connectivity index (χ1v) is 5.16. The normalized spacial score (nSPS) is 11.0. The third-order valence-corrected chi connectivity index (χ3v) is 2.94. The van der Waals surface area contributed by atoms with E-state index in [9.17, 15) is 5.11 Å². The lowest BCUT2D eigenvalue weighted by molar-refractivity contribution is 0.478. The van der Waals surface area contributed by atoms with Crippen LogP contribution in [-0.2, 0) is 0 Å². The van der Waals surface area contributed by atoms with Crippen LogP contribution < -0.4 is 5.73 Å². The van der Waals surface area contributed by atoms with Crippen molar-refractivity contribution in [3.8, 4) is 5.75 Å². The highest BCUT2D eigenvalue weighted by molar-refractivity contribution is 6.11. The molecular formula is C14H11NO. The molecule has 0 fully saturated rings. The quantitative estimate of drug-likeness (QED) is 0.339. The van der Waals surface area contributed by atoms with E-state index in [1.165, 1.54) is 5.39 Å². The zero-order chi connectivity index (χ0) is 11.1. The van der Waals surface area contributed by atoms with Crippen LogP contribution in [0, 0.1) is 0 Å². The summed E-state index contributed by atoms with van der Waals surface area (Å²) in [4.78, 5) is 0. The Morgan fingerprint density at radius 3 is 2.38 bits per heavy atom. The highest BCUT2D eigenvalue weighted by Gasteiger charge is 2.05. The standard InChI is InChI=1S/C14H11NO/c15-14-12-6-5-9-3-1-2-4-10(9)11(12)7-8-13(14)16/h1-8,16H,15H2. The topological polar surface area (TPSA) is 46.2 Å². The number of anilines is 1. The Morgan fingerprint density at radius 2 is 1.50 bits per heavy atom. The molecule has 0 atom stereocenters. The Kier molecular flexibility index (Phi) is 1.77. The molecule has 0 saturated heterocycles. The minimum absolute atomic E-state index is 0.141. The van der Waals surface area contributed by atoms with Gasteiger partial charge in [0, 0.05) is 5.39 Å². The Balaban J connectivity index is 2.58. The number of nitrogen functional groups attached to an aromatic ring is 1. The molecule has 3 aromatic rings. The summed E-state index contributed by atoms with van der Waals surface area (Å²) in [6.07, 6.45) is 0. The molecule has 78 valence electrons. The third-order valence-electron chi connectivity index (χ3n) is 2.94. The second-order valence-electron chi connectivity index (χ2n) is 3.88. The lowest BCUT2D eigenvalue weighted by Gasteiger charge is -2.07. The molecule has 16 heavy (non-hydrogen) atoms. The summed E-state index contributed by atoms with van der Waals surface area (Å²) >= 11 is 0. The van der Waals surface area contributed by atoms with Crippen molar-refractivity contribution in [2.24, 2.45) is 0 Å². The van der Waals surface area contributed by atoms with Crippen molar-refractivity contribution in [2.75, 3.05) is 5.73 Å². The van der Waals surface area contributed by atoms with Crippen LogP contribution in [0.1, 0.15) is 0 Å². The number of fused-ring (bicyclic) bond motifs is 3. The van der Waals surface area contributed by atoms with Crippen molar-refractivity contribution < 1.29 is 5.11 Å². The molecule has 2 heteroatoms. The van der Waals surface area contributed by atoms with E-state index in [1.54, 1.807) is 6.07 Å². The van der Waals surface area contributed by atoms with Crippen LogP contribution in [0.15, 0.2) is 48.5 Å². The van der Waals surface area contributed by atoms with Gasteiger partial charge in [-0.1, -0.05) is 36.4 Å². The molecule has 0 aliphatic heterocycles. The molecule has 0 saturated carbocycles. The molecular weight excluding hydrogens is 198 g/mol. The van der Waals surface area contributed by atoms with Crippen molar-refractivity contribution in [1.29, 1.82) is 0 Å². The summed E-state index contributed by atoms with van der Waals surface area (Å²) in [5.74, 6) is 0.141. The van der Waals surface area contributed by atoms with Gasteiger partial charge < -0.3 is 10.8 Å². The molecule has 0 aromatic heterocycles. The summed E-state index contributed by atoms with van der Waals surface area (Å²) < 4.78 is 0. The van der Waals surface area contributed by atoms with Crippen LogP contribution in [0.4, 0.5) is 5.69 Å². The predicted octanol–water partition coefficient (Wildman–Crippen LogP) is 3.28. The van der Waals surface area contributed by atoms with Gasteiger partial charge in [-0.25, -0.2) is 0 Å². The van der Waals surface area contributed by atoms with Crippen LogP contribution in [0.25, 0.3) is 21.5 Å². The van der Waals surface area contributed by atoms with Crippen LogP contribution in [0.3, 0.4) is 0 Å². The van der Waals surface area contributed by atoms with Gasteiger partial charge in [0.15, 0.2) is 0 Å². The molecule has 0 unspecified atom stereocenters. The van der Waals surface area contributed by atoms with E-state index in [4.69, 9.17) is 5.73 Å². The highest BCUT2D eigenvalue weighted by Crippen LogP contribution is 2.33.